The van der Waals surface area contributed by atoms with E-state index in [0.717, 1.165) is 12.8 Å². The summed E-state index contributed by atoms with van der Waals surface area (Å²) in [5.41, 5.74) is 5.35. The van der Waals surface area contributed by atoms with E-state index in [1.54, 1.807) is 0 Å². The fraction of sp³-hybridized carbons (Fsp3) is 0.882. The number of carboxylic acids is 1. The van der Waals surface area contributed by atoms with Gasteiger partial charge in [0.05, 0.1) is 0 Å². The minimum Gasteiger partial charge on any atom is -0.480 e. The molecule has 5 nitrogen and oxygen atoms in total. The molecular weight excluding hydrogens is 280 g/mol. The van der Waals surface area contributed by atoms with Crippen LogP contribution in [0, 0.1) is 0 Å². The lowest BCUT2D eigenvalue weighted by Gasteiger charge is -2.07. The number of carboxylic acid groups (broad SMARTS) is 1. The highest BCUT2D eigenvalue weighted by atomic mass is 16.4. The van der Waals surface area contributed by atoms with Crippen molar-refractivity contribution in [2.75, 3.05) is 6.54 Å². The van der Waals surface area contributed by atoms with E-state index < -0.39 is 12.0 Å². The smallest absolute Gasteiger partial charge is 0.320 e. The van der Waals surface area contributed by atoms with E-state index in [1.165, 1.54) is 51.4 Å². The van der Waals surface area contributed by atoms with Gasteiger partial charge < -0.3 is 16.2 Å². The van der Waals surface area contributed by atoms with Crippen molar-refractivity contribution in [3.05, 3.63) is 0 Å². The van der Waals surface area contributed by atoms with Gasteiger partial charge in [-0.25, -0.2) is 0 Å². The number of hydrogen-bond acceptors (Lipinski definition) is 3. The molecule has 0 heterocycles. The molecule has 0 fully saturated rings. The van der Waals surface area contributed by atoms with Gasteiger partial charge in [-0.15, -0.1) is 0 Å². The Bertz CT molecular complexity index is 296. The lowest BCUT2D eigenvalue weighted by atomic mass is 10.1. The zero-order valence-electron chi connectivity index (χ0n) is 14.1. The van der Waals surface area contributed by atoms with Gasteiger partial charge in [0.1, 0.15) is 6.04 Å². The van der Waals surface area contributed by atoms with E-state index in [9.17, 15) is 9.59 Å². The van der Waals surface area contributed by atoms with Crippen LogP contribution in [0.3, 0.4) is 0 Å². The summed E-state index contributed by atoms with van der Waals surface area (Å²) >= 11 is 0. The molecule has 0 rings (SSSR count). The monoisotopic (exact) mass is 314 g/mol. The number of hydrogen-bond donors (Lipinski definition) is 3. The predicted molar refractivity (Wildman–Crippen MR) is 89.7 cm³/mol. The highest BCUT2D eigenvalue weighted by molar-refractivity contribution is 5.78. The molecule has 1 atom stereocenters. The van der Waals surface area contributed by atoms with Gasteiger partial charge in [-0.1, -0.05) is 64.7 Å². The molecule has 0 bridgehead atoms. The van der Waals surface area contributed by atoms with Crippen molar-refractivity contribution < 1.29 is 14.7 Å². The number of carbonyl (C=O) groups excluding carboxylic acids is 1. The zero-order chi connectivity index (χ0) is 16.6. The van der Waals surface area contributed by atoms with Crippen molar-refractivity contribution in [1.29, 1.82) is 0 Å². The Labute approximate surface area is 135 Å². The van der Waals surface area contributed by atoms with Crippen LogP contribution in [-0.2, 0) is 9.59 Å². The average molecular weight is 314 g/mol. The maximum absolute atomic E-state index is 11.5. The van der Waals surface area contributed by atoms with E-state index >= 15 is 0 Å². The molecule has 130 valence electrons. The van der Waals surface area contributed by atoms with E-state index in [0.29, 0.717) is 6.54 Å². The van der Waals surface area contributed by atoms with Gasteiger partial charge in [0.2, 0.25) is 5.91 Å². The second-order valence-corrected chi connectivity index (χ2v) is 6.02. The topological polar surface area (TPSA) is 92.4 Å². The molecule has 1 amide bonds. The minimum atomic E-state index is -1.05. The van der Waals surface area contributed by atoms with Crippen molar-refractivity contribution in [1.82, 2.24) is 5.32 Å². The van der Waals surface area contributed by atoms with Crippen LogP contribution in [0.15, 0.2) is 0 Å². The Hall–Kier alpha value is -1.10. The van der Waals surface area contributed by atoms with Crippen LogP contribution in [0.4, 0.5) is 0 Å². The maximum atomic E-state index is 11.5. The molecule has 0 aromatic heterocycles. The lowest BCUT2D eigenvalue weighted by Crippen LogP contribution is -2.32. The van der Waals surface area contributed by atoms with Gasteiger partial charge in [-0.05, 0) is 12.8 Å². The first-order valence-corrected chi connectivity index (χ1v) is 8.83. The van der Waals surface area contributed by atoms with Crippen LogP contribution < -0.4 is 11.1 Å². The highest BCUT2D eigenvalue weighted by Gasteiger charge is 2.12. The van der Waals surface area contributed by atoms with Crippen molar-refractivity contribution in [3.8, 4) is 0 Å². The molecular formula is C17H34N2O3. The number of carbonyl (C=O) groups is 2. The summed E-state index contributed by atoms with van der Waals surface area (Å²) in [5.74, 6) is -1.16. The zero-order valence-corrected chi connectivity index (χ0v) is 14.1. The molecule has 0 spiro atoms. The average Bonchev–Trinajstić information content (AvgIpc) is 2.50. The van der Waals surface area contributed by atoms with Crippen LogP contribution in [0.5, 0.6) is 0 Å². The number of rotatable bonds is 15. The first kappa shape index (κ1) is 20.9. The van der Waals surface area contributed by atoms with Gasteiger partial charge >= 0.3 is 5.97 Å². The molecule has 0 saturated carbocycles. The van der Waals surface area contributed by atoms with Crippen molar-refractivity contribution in [3.63, 3.8) is 0 Å². The van der Waals surface area contributed by atoms with Gasteiger partial charge in [0.25, 0.3) is 0 Å². The van der Waals surface area contributed by atoms with Crippen LogP contribution >= 0.6 is 0 Å². The molecule has 0 aromatic rings. The number of nitrogens with one attached hydrogen (secondary N) is 1. The van der Waals surface area contributed by atoms with Crippen molar-refractivity contribution >= 4 is 11.9 Å². The van der Waals surface area contributed by atoms with E-state index in [-0.39, 0.29) is 18.7 Å². The molecule has 5 heteroatoms. The molecule has 0 aliphatic carbocycles. The number of nitrogens with two attached hydrogens (primary N) is 1. The Kier molecular flexibility index (Phi) is 14.1. The normalized spacial score (nSPS) is 12.1. The predicted octanol–water partition coefficient (Wildman–Crippen LogP) is 3.22. The number of unbranched alkanes of at least 4 members (excludes halogenated alkanes) is 9. The third-order valence-electron chi connectivity index (χ3n) is 3.85. The first-order chi connectivity index (χ1) is 10.6. The van der Waals surface area contributed by atoms with Crippen molar-refractivity contribution in [2.24, 2.45) is 5.73 Å². The molecule has 0 unspecified atom stereocenters. The fourth-order valence-corrected chi connectivity index (χ4v) is 2.34. The lowest BCUT2D eigenvalue weighted by molar-refractivity contribution is -0.138. The molecule has 0 aliphatic rings. The van der Waals surface area contributed by atoms with Crippen LogP contribution in [0.25, 0.3) is 0 Å². The summed E-state index contributed by atoms with van der Waals surface area (Å²) < 4.78 is 0. The van der Waals surface area contributed by atoms with Crippen LogP contribution in [-0.4, -0.2) is 29.6 Å². The largest absolute Gasteiger partial charge is 0.480 e. The molecule has 0 saturated heterocycles. The maximum Gasteiger partial charge on any atom is 0.320 e. The van der Waals surface area contributed by atoms with E-state index in [1.807, 2.05) is 0 Å². The molecule has 4 N–H and O–H groups in total. The quantitative estimate of drug-likeness (QED) is 0.405. The molecule has 0 radical (unpaired) electrons. The molecule has 22 heavy (non-hydrogen) atoms. The summed E-state index contributed by atoms with van der Waals surface area (Å²) in [6.07, 6.45) is 13.1. The van der Waals surface area contributed by atoms with Gasteiger partial charge in [0, 0.05) is 13.0 Å². The third-order valence-corrected chi connectivity index (χ3v) is 3.85. The van der Waals surface area contributed by atoms with E-state index in [2.05, 4.69) is 12.2 Å². The number of amides is 1. The van der Waals surface area contributed by atoms with Gasteiger partial charge in [-0.2, -0.15) is 0 Å². The second kappa shape index (κ2) is 14.8. The van der Waals surface area contributed by atoms with Gasteiger partial charge in [-0.3, -0.25) is 9.59 Å². The standard InChI is InChI=1S/C17H34N2O3/c1-2-3-4-5-6-7-8-9-10-11-14-19-16(20)13-12-15(18)17(21)22/h15H,2-14,18H2,1H3,(H,19,20)(H,21,22)/t15-/m0/s1. The van der Waals surface area contributed by atoms with Crippen molar-refractivity contribution in [2.45, 2.75) is 90.0 Å². The Morgan fingerprint density at radius 2 is 1.45 bits per heavy atom. The second-order valence-electron chi connectivity index (χ2n) is 6.02. The Morgan fingerprint density at radius 3 is 1.95 bits per heavy atom. The van der Waals surface area contributed by atoms with Crippen LogP contribution in [0.1, 0.15) is 84.0 Å². The SMILES string of the molecule is CCCCCCCCCCCCNC(=O)CC[C@H](N)C(=O)O. The highest BCUT2D eigenvalue weighted by Crippen LogP contribution is 2.10. The Morgan fingerprint density at radius 1 is 0.955 bits per heavy atom. The molecule has 0 aliphatic heterocycles. The molecule has 0 aromatic carbocycles. The summed E-state index contributed by atoms with van der Waals surface area (Å²) in [4.78, 5) is 22.0. The summed E-state index contributed by atoms with van der Waals surface area (Å²) in [7, 11) is 0. The Balaban J connectivity index is 3.25. The third kappa shape index (κ3) is 13.9. The minimum absolute atomic E-state index is 0.104. The summed E-state index contributed by atoms with van der Waals surface area (Å²) in [5, 5.41) is 11.4. The van der Waals surface area contributed by atoms with Crippen LogP contribution in [0.2, 0.25) is 0 Å². The van der Waals surface area contributed by atoms with E-state index in [4.69, 9.17) is 10.8 Å². The number of aliphatic carboxylic acids is 1. The van der Waals surface area contributed by atoms with Gasteiger partial charge in [0.15, 0.2) is 0 Å². The summed E-state index contributed by atoms with van der Waals surface area (Å²) in [6, 6.07) is -0.942. The fourth-order valence-electron chi connectivity index (χ4n) is 2.34. The summed E-state index contributed by atoms with van der Waals surface area (Å²) in [6.45, 7) is 2.91. The first-order valence-electron chi connectivity index (χ1n) is 8.83.